The molecular formula is C11H14N4O2S. The highest BCUT2D eigenvalue weighted by molar-refractivity contribution is 7.80. The highest BCUT2D eigenvalue weighted by Crippen LogP contribution is 2.29. The number of nitrogens with two attached hydrogens (primary N) is 1. The van der Waals surface area contributed by atoms with Crippen LogP contribution in [0.25, 0.3) is 10.8 Å². The van der Waals surface area contributed by atoms with Crippen LogP contribution in [0.4, 0.5) is 11.5 Å². The fraction of sp³-hybridized carbons (Fsp3) is 0.182. The summed E-state index contributed by atoms with van der Waals surface area (Å²) in [4.78, 5) is 4.23. The van der Waals surface area contributed by atoms with Gasteiger partial charge in [-0.25, -0.2) is 9.19 Å². The first kappa shape index (κ1) is 12.7. The summed E-state index contributed by atoms with van der Waals surface area (Å²) in [6.45, 7) is 1.07. The minimum Gasteiger partial charge on any atom is -0.368 e. The third kappa shape index (κ3) is 2.76. The lowest BCUT2D eigenvalue weighted by Crippen LogP contribution is -2.14. The molecule has 1 atom stereocenters. The van der Waals surface area contributed by atoms with Crippen LogP contribution in [0.2, 0.25) is 0 Å². The molecule has 0 radical (unpaired) electrons. The number of fused-ring (bicyclic) bond motifs is 1. The maximum Gasteiger partial charge on any atom is 0.259 e. The maximum atomic E-state index is 10.9. The van der Waals surface area contributed by atoms with Crippen molar-refractivity contribution in [3.8, 4) is 0 Å². The molecule has 5 N–H and O–H groups in total. The monoisotopic (exact) mass is 266 g/mol. The second-order valence-corrected chi connectivity index (χ2v) is 4.33. The Kier molecular flexibility index (Phi) is 4.08. The molecule has 0 aliphatic carbocycles. The van der Waals surface area contributed by atoms with Crippen molar-refractivity contribution in [3.05, 3.63) is 30.5 Å². The standard InChI is InChI=1S/C11H14N4O2S/c12-5-7-14-11-10-8(4-6-13-11)2-1-3-9(10)15-18(16)17/h1-4,6,15H,5,7,12H2,(H,13,14)(H,16,17). The molecule has 0 fully saturated rings. The summed E-state index contributed by atoms with van der Waals surface area (Å²) in [5.74, 6) is 0.645. The predicted octanol–water partition coefficient (Wildman–Crippen LogP) is 1.15. The van der Waals surface area contributed by atoms with Crippen LogP contribution >= 0.6 is 0 Å². The fourth-order valence-electron chi connectivity index (χ4n) is 1.73. The summed E-state index contributed by atoms with van der Waals surface area (Å²) in [7, 11) is 0. The number of hydrogen-bond donors (Lipinski definition) is 4. The molecule has 2 rings (SSSR count). The van der Waals surface area contributed by atoms with Crippen LogP contribution < -0.4 is 15.8 Å². The van der Waals surface area contributed by atoms with Crippen molar-refractivity contribution in [2.45, 2.75) is 0 Å². The normalized spacial score (nSPS) is 12.3. The lowest BCUT2D eigenvalue weighted by Gasteiger charge is -2.11. The molecule has 0 aliphatic heterocycles. The molecule has 1 aromatic heterocycles. The number of anilines is 2. The molecule has 96 valence electrons. The number of nitrogens with one attached hydrogen (secondary N) is 2. The summed E-state index contributed by atoms with van der Waals surface area (Å²) in [5, 5.41) is 4.80. The van der Waals surface area contributed by atoms with E-state index >= 15 is 0 Å². The number of aromatic nitrogens is 1. The Morgan fingerprint density at radius 3 is 2.94 bits per heavy atom. The average Bonchev–Trinajstić information content (AvgIpc) is 2.35. The Morgan fingerprint density at radius 1 is 1.39 bits per heavy atom. The van der Waals surface area contributed by atoms with Crippen LogP contribution in [-0.2, 0) is 11.3 Å². The minimum atomic E-state index is -2.12. The Labute approximate surface area is 107 Å². The topological polar surface area (TPSA) is 100 Å². The van der Waals surface area contributed by atoms with Crippen LogP contribution in [-0.4, -0.2) is 26.8 Å². The van der Waals surface area contributed by atoms with Crippen molar-refractivity contribution in [1.29, 1.82) is 0 Å². The van der Waals surface area contributed by atoms with Gasteiger partial charge in [-0.15, -0.1) is 0 Å². The summed E-state index contributed by atoms with van der Waals surface area (Å²) in [6.07, 6.45) is 1.68. The van der Waals surface area contributed by atoms with Crippen molar-refractivity contribution in [1.82, 2.24) is 4.98 Å². The van der Waals surface area contributed by atoms with E-state index in [1.165, 1.54) is 0 Å². The smallest absolute Gasteiger partial charge is 0.259 e. The number of hydrogen-bond acceptors (Lipinski definition) is 4. The second kappa shape index (κ2) is 5.76. The van der Waals surface area contributed by atoms with Gasteiger partial charge in [-0.1, -0.05) is 12.1 Å². The van der Waals surface area contributed by atoms with E-state index in [0.717, 1.165) is 10.8 Å². The third-order valence-corrected chi connectivity index (χ3v) is 2.82. The molecule has 1 aromatic carbocycles. The first-order valence-corrected chi connectivity index (χ1v) is 6.52. The minimum absolute atomic E-state index is 0.486. The molecule has 1 unspecified atom stereocenters. The quantitative estimate of drug-likeness (QED) is 0.608. The van der Waals surface area contributed by atoms with Gasteiger partial charge in [0, 0.05) is 24.7 Å². The van der Waals surface area contributed by atoms with Gasteiger partial charge in [0.2, 0.25) is 0 Å². The predicted molar refractivity (Wildman–Crippen MR) is 73.7 cm³/mol. The van der Waals surface area contributed by atoms with Gasteiger partial charge in [-0.3, -0.25) is 9.27 Å². The first-order chi connectivity index (χ1) is 8.72. The van der Waals surface area contributed by atoms with Crippen molar-refractivity contribution in [2.75, 3.05) is 23.1 Å². The average molecular weight is 266 g/mol. The van der Waals surface area contributed by atoms with Crippen LogP contribution in [0.15, 0.2) is 30.5 Å². The summed E-state index contributed by atoms with van der Waals surface area (Å²) in [5.41, 5.74) is 6.00. The zero-order chi connectivity index (χ0) is 13.0. The zero-order valence-electron chi connectivity index (χ0n) is 9.59. The van der Waals surface area contributed by atoms with E-state index in [1.54, 1.807) is 12.3 Å². The van der Waals surface area contributed by atoms with E-state index in [4.69, 9.17) is 10.3 Å². The van der Waals surface area contributed by atoms with Gasteiger partial charge < -0.3 is 11.1 Å². The van der Waals surface area contributed by atoms with Crippen molar-refractivity contribution in [3.63, 3.8) is 0 Å². The Hall–Kier alpha value is -1.70. The summed E-state index contributed by atoms with van der Waals surface area (Å²) < 4.78 is 22.3. The zero-order valence-corrected chi connectivity index (χ0v) is 10.4. The number of rotatable bonds is 5. The highest BCUT2D eigenvalue weighted by atomic mass is 32.2. The van der Waals surface area contributed by atoms with Gasteiger partial charge in [-0.05, 0) is 17.5 Å². The lowest BCUT2D eigenvalue weighted by atomic mass is 10.1. The molecule has 0 saturated carbocycles. The molecule has 0 saturated heterocycles. The summed E-state index contributed by atoms with van der Waals surface area (Å²) >= 11 is -2.12. The first-order valence-electron chi connectivity index (χ1n) is 5.41. The molecule has 2 aromatic rings. The van der Waals surface area contributed by atoms with Crippen molar-refractivity contribution in [2.24, 2.45) is 5.73 Å². The molecule has 0 amide bonds. The summed E-state index contributed by atoms with van der Waals surface area (Å²) in [6, 6.07) is 7.29. The Bertz CT molecular complexity index is 571. The van der Waals surface area contributed by atoms with E-state index in [-0.39, 0.29) is 0 Å². The van der Waals surface area contributed by atoms with Crippen LogP contribution in [0.5, 0.6) is 0 Å². The van der Waals surface area contributed by atoms with Crippen molar-refractivity contribution < 1.29 is 8.76 Å². The van der Waals surface area contributed by atoms with Gasteiger partial charge in [0.1, 0.15) is 5.82 Å². The Morgan fingerprint density at radius 2 is 2.22 bits per heavy atom. The number of benzene rings is 1. The molecule has 0 spiro atoms. The van der Waals surface area contributed by atoms with E-state index in [1.807, 2.05) is 18.2 Å². The molecule has 18 heavy (non-hydrogen) atoms. The van der Waals surface area contributed by atoms with E-state index in [0.29, 0.717) is 24.6 Å². The fourth-order valence-corrected chi connectivity index (χ4v) is 2.09. The van der Waals surface area contributed by atoms with Crippen LogP contribution in [0.3, 0.4) is 0 Å². The molecule has 1 heterocycles. The second-order valence-electron chi connectivity index (χ2n) is 3.63. The van der Waals surface area contributed by atoms with Crippen LogP contribution in [0.1, 0.15) is 0 Å². The number of nitrogens with zero attached hydrogens (tertiary/aromatic N) is 1. The van der Waals surface area contributed by atoms with E-state index < -0.39 is 11.3 Å². The molecule has 6 nitrogen and oxygen atoms in total. The van der Waals surface area contributed by atoms with Gasteiger partial charge in [0.05, 0.1) is 5.69 Å². The highest BCUT2D eigenvalue weighted by Gasteiger charge is 2.08. The van der Waals surface area contributed by atoms with E-state index in [9.17, 15) is 4.21 Å². The van der Waals surface area contributed by atoms with Gasteiger partial charge >= 0.3 is 0 Å². The molecular weight excluding hydrogens is 252 g/mol. The third-order valence-electron chi connectivity index (χ3n) is 2.43. The van der Waals surface area contributed by atoms with Gasteiger partial charge in [0.25, 0.3) is 11.3 Å². The van der Waals surface area contributed by atoms with Gasteiger partial charge in [-0.2, -0.15) is 0 Å². The van der Waals surface area contributed by atoms with E-state index in [2.05, 4.69) is 15.0 Å². The van der Waals surface area contributed by atoms with Crippen molar-refractivity contribution >= 4 is 33.5 Å². The van der Waals surface area contributed by atoms with Crippen LogP contribution in [0, 0.1) is 0 Å². The Balaban J connectivity index is 2.52. The lowest BCUT2D eigenvalue weighted by molar-refractivity contribution is 0.570. The molecule has 0 bridgehead atoms. The maximum absolute atomic E-state index is 10.9. The SMILES string of the molecule is NCCNc1nccc2cccc(NS(=O)O)c12. The molecule has 7 heteroatoms. The largest absolute Gasteiger partial charge is 0.368 e. The number of pyridine rings is 1. The van der Waals surface area contributed by atoms with Gasteiger partial charge in [0.15, 0.2) is 0 Å². The molecule has 0 aliphatic rings.